The third-order valence-electron chi connectivity index (χ3n) is 3.71. The second-order valence-corrected chi connectivity index (χ2v) is 6.16. The highest BCUT2D eigenvalue weighted by molar-refractivity contribution is 7.98. The molecule has 1 N–H and O–H groups in total. The normalized spacial score (nSPS) is 10.5. The van der Waals surface area contributed by atoms with Gasteiger partial charge in [0.15, 0.2) is 10.9 Å². The Morgan fingerprint density at radius 1 is 1.04 bits per heavy atom. The smallest absolute Gasteiger partial charge is 0.274 e. The van der Waals surface area contributed by atoms with Gasteiger partial charge in [0, 0.05) is 16.9 Å². The second-order valence-electron chi connectivity index (χ2n) is 5.39. The lowest BCUT2D eigenvalue weighted by atomic mass is 10.1. The van der Waals surface area contributed by atoms with Crippen LogP contribution in [0.5, 0.6) is 0 Å². The first kappa shape index (κ1) is 17.0. The summed E-state index contributed by atoms with van der Waals surface area (Å²) in [5.41, 5.74) is 2.56. The molecule has 6 heteroatoms. The lowest BCUT2D eigenvalue weighted by molar-refractivity contribution is 0.101. The Kier molecular flexibility index (Phi) is 5.00. The lowest BCUT2D eigenvalue weighted by Crippen LogP contribution is -2.16. The molecule has 0 radical (unpaired) electrons. The van der Waals surface area contributed by atoms with Gasteiger partial charge in [-0.05, 0) is 49.6 Å². The second kappa shape index (κ2) is 7.36. The van der Waals surface area contributed by atoms with Gasteiger partial charge in [-0.2, -0.15) is 0 Å². The molecule has 1 amide bonds. The van der Waals surface area contributed by atoms with Gasteiger partial charge in [0.1, 0.15) is 5.69 Å². The van der Waals surface area contributed by atoms with E-state index in [1.54, 1.807) is 30.5 Å². The number of hydrogen-bond acceptors (Lipinski definition) is 4. The summed E-state index contributed by atoms with van der Waals surface area (Å²) in [6, 6.07) is 16.4. The number of aromatic nitrogens is 2. The van der Waals surface area contributed by atoms with Gasteiger partial charge < -0.3 is 5.32 Å². The van der Waals surface area contributed by atoms with Crippen LogP contribution in [0.2, 0.25) is 0 Å². The van der Waals surface area contributed by atoms with Gasteiger partial charge in [0.05, 0.1) is 6.20 Å². The topological polar surface area (TPSA) is 64.0 Å². The van der Waals surface area contributed by atoms with Crippen molar-refractivity contribution in [3.05, 3.63) is 72.1 Å². The molecule has 0 fully saturated rings. The molecule has 0 aliphatic rings. The molecule has 1 aromatic heterocycles. The van der Waals surface area contributed by atoms with Crippen LogP contribution in [0.1, 0.15) is 27.8 Å². The molecule has 0 saturated heterocycles. The van der Waals surface area contributed by atoms with Crippen molar-refractivity contribution in [3.63, 3.8) is 0 Å². The Morgan fingerprint density at radius 2 is 1.72 bits per heavy atom. The highest BCUT2D eigenvalue weighted by Gasteiger charge is 2.17. The number of benzene rings is 2. The minimum Gasteiger partial charge on any atom is -0.321 e. The van der Waals surface area contributed by atoms with Crippen LogP contribution in [0.25, 0.3) is 5.69 Å². The van der Waals surface area contributed by atoms with Crippen molar-refractivity contribution < 1.29 is 9.59 Å². The third kappa shape index (κ3) is 3.64. The van der Waals surface area contributed by atoms with Gasteiger partial charge in [0.2, 0.25) is 0 Å². The fourth-order valence-corrected chi connectivity index (χ4v) is 2.99. The molecule has 0 unspecified atom stereocenters. The Bertz CT molecular complexity index is 902. The zero-order valence-corrected chi connectivity index (χ0v) is 14.7. The number of carbonyl (C=O) groups excluding carboxylic acids is 2. The summed E-state index contributed by atoms with van der Waals surface area (Å²) in [7, 11) is 0. The largest absolute Gasteiger partial charge is 0.321 e. The molecular formula is C19H17N3O2S. The molecule has 25 heavy (non-hydrogen) atoms. The number of nitrogens with zero attached hydrogens (tertiary/aromatic N) is 2. The highest BCUT2D eigenvalue weighted by Crippen LogP contribution is 2.22. The quantitative estimate of drug-likeness (QED) is 0.556. The summed E-state index contributed by atoms with van der Waals surface area (Å²) >= 11 is 1.47. The predicted molar refractivity (Wildman–Crippen MR) is 99.7 cm³/mol. The van der Waals surface area contributed by atoms with Crippen molar-refractivity contribution in [2.75, 3.05) is 11.6 Å². The summed E-state index contributed by atoms with van der Waals surface area (Å²) < 4.78 is 1.82. The Morgan fingerprint density at radius 3 is 2.32 bits per heavy atom. The minimum atomic E-state index is -0.257. The molecular weight excluding hydrogens is 334 g/mol. The van der Waals surface area contributed by atoms with Crippen molar-refractivity contribution in [1.29, 1.82) is 0 Å². The number of anilines is 1. The maximum absolute atomic E-state index is 12.7. The van der Waals surface area contributed by atoms with Crippen LogP contribution in [0, 0.1) is 0 Å². The van der Waals surface area contributed by atoms with E-state index in [1.165, 1.54) is 18.7 Å². The number of imidazole rings is 1. The van der Waals surface area contributed by atoms with E-state index < -0.39 is 0 Å². The maximum atomic E-state index is 12.7. The zero-order chi connectivity index (χ0) is 17.8. The molecule has 3 rings (SSSR count). The van der Waals surface area contributed by atoms with E-state index in [-0.39, 0.29) is 11.7 Å². The number of para-hydroxylation sites is 1. The number of amides is 1. The summed E-state index contributed by atoms with van der Waals surface area (Å²) in [6.45, 7) is 1.51. The average molecular weight is 351 g/mol. The van der Waals surface area contributed by atoms with Crippen LogP contribution in [0.15, 0.2) is 66.0 Å². The summed E-state index contributed by atoms with van der Waals surface area (Å²) in [6.07, 6.45) is 3.49. The van der Waals surface area contributed by atoms with Crippen LogP contribution in [-0.2, 0) is 0 Å². The van der Waals surface area contributed by atoms with E-state index in [4.69, 9.17) is 0 Å². The van der Waals surface area contributed by atoms with Crippen molar-refractivity contribution in [1.82, 2.24) is 9.55 Å². The van der Waals surface area contributed by atoms with E-state index in [1.807, 2.05) is 41.2 Å². The molecule has 126 valence electrons. The van der Waals surface area contributed by atoms with E-state index in [2.05, 4.69) is 10.3 Å². The Balaban J connectivity index is 1.90. The summed E-state index contributed by atoms with van der Waals surface area (Å²) in [4.78, 5) is 28.4. The van der Waals surface area contributed by atoms with Crippen LogP contribution in [-0.4, -0.2) is 27.5 Å². The van der Waals surface area contributed by atoms with Crippen LogP contribution >= 0.6 is 11.8 Å². The molecule has 0 aliphatic heterocycles. The third-order valence-corrected chi connectivity index (χ3v) is 4.36. The van der Waals surface area contributed by atoms with E-state index in [9.17, 15) is 9.59 Å². The standard InChI is InChI=1S/C19H17N3O2S/c1-13(23)14-8-10-15(11-9-14)21-18(24)17-12-20-19(25-2)22(17)16-6-4-3-5-7-16/h3-12H,1-2H3,(H,21,24). The molecule has 0 spiro atoms. The first-order valence-electron chi connectivity index (χ1n) is 7.69. The molecule has 5 nitrogen and oxygen atoms in total. The van der Waals surface area contributed by atoms with E-state index in [0.717, 1.165) is 10.8 Å². The Labute approximate surface area is 150 Å². The summed E-state index contributed by atoms with van der Waals surface area (Å²) in [5, 5.41) is 3.59. The van der Waals surface area contributed by atoms with Crippen LogP contribution < -0.4 is 5.32 Å². The van der Waals surface area contributed by atoms with Gasteiger partial charge in [-0.3, -0.25) is 14.2 Å². The molecule has 0 saturated carbocycles. The van der Waals surface area contributed by atoms with E-state index in [0.29, 0.717) is 16.9 Å². The molecule has 0 atom stereocenters. The van der Waals surface area contributed by atoms with Crippen molar-refractivity contribution in [3.8, 4) is 5.69 Å². The number of Topliss-reactive ketones (excluding diaryl/α,β-unsaturated/α-hetero) is 1. The zero-order valence-electron chi connectivity index (χ0n) is 13.9. The lowest BCUT2D eigenvalue weighted by Gasteiger charge is -2.11. The molecule has 2 aromatic carbocycles. The SMILES string of the molecule is CSc1ncc(C(=O)Nc2ccc(C(C)=O)cc2)n1-c1ccccc1. The average Bonchev–Trinajstić information content (AvgIpc) is 3.07. The number of thioether (sulfide) groups is 1. The molecule has 0 aliphatic carbocycles. The minimum absolute atomic E-state index is 0.00959. The van der Waals surface area contributed by atoms with Gasteiger partial charge in [-0.1, -0.05) is 30.0 Å². The van der Waals surface area contributed by atoms with Crippen molar-refractivity contribution in [2.24, 2.45) is 0 Å². The maximum Gasteiger partial charge on any atom is 0.274 e. The van der Waals surface area contributed by atoms with Crippen LogP contribution in [0.3, 0.4) is 0 Å². The molecule has 3 aromatic rings. The number of nitrogens with one attached hydrogen (secondary N) is 1. The summed E-state index contributed by atoms with van der Waals surface area (Å²) in [5.74, 6) is -0.267. The monoisotopic (exact) mass is 351 g/mol. The number of ketones is 1. The fraction of sp³-hybridized carbons (Fsp3) is 0.105. The molecule has 1 heterocycles. The fourth-order valence-electron chi connectivity index (χ4n) is 2.45. The van der Waals surface area contributed by atoms with Crippen molar-refractivity contribution in [2.45, 2.75) is 12.1 Å². The first-order valence-corrected chi connectivity index (χ1v) is 8.92. The first-order chi connectivity index (χ1) is 12.1. The Hall–Kier alpha value is -2.86. The molecule has 0 bridgehead atoms. The number of hydrogen-bond donors (Lipinski definition) is 1. The van der Waals surface area contributed by atoms with Gasteiger partial charge >= 0.3 is 0 Å². The van der Waals surface area contributed by atoms with Gasteiger partial charge in [-0.25, -0.2) is 4.98 Å². The predicted octanol–water partition coefficient (Wildman–Crippen LogP) is 4.05. The highest BCUT2D eigenvalue weighted by atomic mass is 32.2. The number of rotatable bonds is 5. The van der Waals surface area contributed by atoms with E-state index >= 15 is 0 Å². The number of carbonyl (C=O) groups is 2. The van der Waals surface area contributed by atoms with Crippen LogP contribution in [0.4, 0.5) is 5.69 Å². The van der Waals surface area contributed by atoms with Crippen molar-refractivity contribution >= 4 is 29.1 Å². The van der Waals surface area contributed by atoms with Gasteiger partial charge in [0.25, 0.3) is 5.91 Å². The van der Waals surface area contributed by atoms with Gasteiger partial charge in [-0.15, -0.1) is 0 Å².